The summed E-state index contributed by atoms with van der Waals surface area (Å²) in [6.07, 6.45) is 1.82. The molecule has 6 heteroatoms. The SMILES string of the molecule is COc1cc(OC)c(-c2cn(C)nc2N)c(OC)c1. The van der Waals surface area contributed by atoms with E-state index in [1.165, 1.54) is 0 Å². The van der Waals surface area contributed by atoms with E-state index in [0.717, 1.165) is 11.1 Å². The van der Waals surface area contributed by atoms with Crippen molar-refractivity contribution in [2.45, 2.75) is 0 Å². The van der Waals surface area contributed by atoms with Crippen molar-refractivity contribution in [3.05, 3.63) is 18.3 Å². The van der Waals surface area contributed by atoms with Gasteiger partial charge >= 0.3 is 0 Å². The smallest absolute Gasteiger partial charge is 0.153 e. The minimum atomic E-state index is 0.421. The van der Waals surface area contributed by atoms with Gasteiger partial charge in [0.05, 0.1) is 32.5 Å². The van der Waals surface area contributed by atoms with Crippen LogP contribution < -0.4 is 19.9 Å². The monoisotopic (exact) mass is 263 g/mol. The Balaban J connectivity index is 2.70. The zero-order valence-electron chi connectivity index (χ0n) is 11.4. The quantitative estimate of drug-likeness (QED) is 0.909. The maximum absolute atomic E-state index is 5.92. The molecule has 102 valence electrons. The molecule has 0 amide bonds. The number of hydrogen-bond acceptors (Lipinski definition) is 5. The highest BCUT2D eigenvalue weighted by molar-refractivity contribution is 5.83. The molecule has 0 saturated heterocycles. The molecule has 1 aromatic heterocycles. The highest BCUT2D eigenvalue weighted by atomic mass is 16.5. The van der Waals surface area contributed by atoms with Crippen LogP contribution in [0.25, 0.3) is 11.1 Å². The molecule has 1 heterocycles. The lowest BCUT2D eigenvalue weighted by Crippen LogP contribution is -1.96. The average Bonchev–Trinajstić information content (AvgIpc) is 2.75. The number of rotatable bonds is 4. The number of benzene rings is 1. The van der Waals surface area contributed by atoms with Gasteiger partial charge in [-0.05, 0) is 0 Å². The van der Waals surface area contributed by atoms with Gasteiger partial charge in [-0.1, -0.05) is 0 Å². The molecule has 0 aliphatic carbocycles. The normalized spacial score (nSPS) is 10.3. The number of nitrogen functional groups attached to an aromatic ring is 1. The summed E-state index contributed by atoms with van der Waals surface area (Å²) in [4.78, 5) is 0. The molecule has 0 fully saturated rings. The Hall–Kier alpha value is -2.37. The number of nitrogens with zero attached hydrogens (tertiary/aromatic N) is 2. The van der Waals surface area contributed by atoms with E-state index < -0.39 is 0 Å². The van der Waals surface area contributed by atoms with Gasteiger partial charge in [-0.2, -0.15) is 5.10 Å². The predicted molar refractivity (Wildman–Crippen MR) is 72.7 cm³/mol. The molecule has 0 aliphatic heterocycles. The van der Waals surface area contributed by atoms with E-state index in [2.05, 4.69) is 5.10 Å². The van der Waals surface area contributed by atoms with Gasteiger partial charge < -0.3 is 19.9 Å². The summed E-state index contributed by atoms with van der Waals surface area (Å²) < 4.78 is 17.7. The van der Waals surface area contributed by atoms with Gasteiger partial charge in [0, 0.05) is 25.4 Å². The second-order valence-electron chi connectivity index (χ2n) is 4.01. The second-order valence-corrected chi connectivity index (χ2v) is 4.01. The zero-order valence-corrected chi connectivity index (χ0v) is 11.4. The lowest BCUT2D eigenvalue weighted by atomic mass is 10.1. The Morgan fingerprint density at radius 2 is 1.63 bits per heavy atom. The van der Waals surface area contributed by atoms with Crippen LogP contribution in [0.2, 0.25) is 0 Å². The predicted octanol–water partition coefficient (Wildman–Crippen LogP) is 1.70. The zero-order chi connectivity index (χ0) is 14.0. The standard InChI is InChI=1S/C13H17N3O3/c1-16-7-9(13(14)15-16)12-10(18-3)5-8(17-2)6-11(12)19-4/h5-7H,1-4H3,(H2,14,15). The molecule has 0 unspecified atom stereocenters. The number of anilines is 1. The molecule has 0 saturated carbocycles. The molecule has 6 nitrogen and oxygen atoms in total. The Morgan fingerprint density at radius 3 is 2.00 bits per heavy atom. The van der Waals surface area contributed by atoms with E-state index in [1.54, 1.807) is 38.1 Å². The maximum Gasteiger partial charge on any atom is 0.153 e. The summed E-state index contributed by atoms with van der Waals surface area (Å²) in [7, 11) is 6.57. The van der Waals surface area contributed by atoms with Gasteiger partial charge in [0.2, 0.25) is 0 Å². The van der Waals surface area contributed by atoms with E-state index in [4.69, 9.17) is 19.9 Å². The van der Waals surface area contributed by atoms with E-state index >= 15 is 0 Å². The summed E-state index contributed by atoms with van der Waals surface area (Å²) in [6.45, 7) is 0. The third kappa shape index (κ3) is 2.29. The lowest BCUT2D eigenvalue weighted by molar-refractivity contribution is 0.377. The molecule has 0 atom stereocenters. The van der Waals surface area contributed by atoms with E-state index in [9.17, 15) is 0 Å². The van der Waals surface area contributed by atoms with Crippen LogP contribution in [-0.4, -0.2) is 31.1 Å². The van der Waals surface area contributed by atoms with Crippen molar-refractivity contribution in [2.75, 3.05) is 27.1 Å². The van der Waals surface area contributed by atoms with Gasteiger partial charge in [0.15, 0.2) is 5.82 Å². The van der Waals surface area contributed by atoms with Crippen molar-refractivity contribution in [3.63, 3.8) is 0 Å². The Kier molecular flexibility index (Phi) is 3.50. The highest BCUT2D eigenvalue weighted by Gasteiger charge is 2.19. The van der Waals surface area contributed by atoms with Gasteiger partial charge in [0.25, 0.3) is 0 Å². The van der Waals surface area contributed by atoms with Crippen LogP contribution >= 0.6 is 0 Å². The molecule has 0 aliphatic rings. The number of methoxy groups -OCH3 is 3. The molecule has 2 N–H and O–H groups in total. The van der Waals surface area contributed by atoms with Crippen LogP contribution in [0.4, 0.5) is 5.82 Å². The van der Waals surface area contributed by atoms with Gasteiger partial charge in [0.1, 0.15) is 17.2 Å². The van der Waals surface area contributed by atoms with Crippen molar-refractivity contribution < 1.29 is 14.2 Å². The molecule has 19 heavy (non-hydrogen) atoms. The molecular weight excluding hydrogens is 246 g/mol. The number of hydrogen-bond donors (Lipinski definition) is 1. The van der Waals surface area contributed by atoms with Gasteiger partial charge in [-0.15, -0.1) is 0 Å². The largest absolute Gasteiger partial charge is 0.496 e. The van der Waals surface area contributed by atoms with Gasteiger partial charge in [-0.3, -0.25) is 4.68 Å². The number of aryl methyl sites for hydroxylation is 1. The minimum Gasteiger partial charge on any atom is -0.496 e. The van der Waals surface area contributed by atoms with Crippen LogP contribution in [0.5, 0.6) is 17.2 Å². The third-order valence-electron chi connectivity index (χ3n) is 2.84. The second kappa shape index (κ2) is 5.09. The van der Waals surface area contributed by atoms with Crippen molar-refractivity contribution in [1.82, 2.24) is 9.78 Å². The van der Waals surface area contributed by atoms with Crippen molar-refractivity contribution in [1.29, 1.82) is 0 Å². The Morgan fingerprint density at radius 1 is 1.05 bits per heavy atom. The van der Waals surface area contributed by atoms with Crippen molar-refractivity contribution in [2.24, 2.45) is 7.05 Å². The van der Waals surface area contributed by atoms with Gasteiger partial charge in [-0.25, -0.2) is 0 Å². The third-order valence-corrected chi connectivity index (χ3v) is 2.84. The number of aromatic nitrogens is 2. The van der Waals surface area contributed by atoms with Crippen LogP contribution in [0.1, 0.15) is 0 Å². The summed E-state index contributed by atoms with van der Waals surface area (Å²) in [5, 5.41) is 4.13. The number of nitrogens with two attached hydrogens (primary N) is 1. The molecule has 0 radical (unpaired) electrons. The maximum atomic E-state index is 5.92. The van der Waals surface area contributed by atoms with Crippen molar-refractivity contribution >= 4 is 5.82 Å². The lowest BCUT2D eigenvalue weighted by Gasteiger charge is -2.14. The van der Waals surface area contributed by atoms with E-state index in [1.807, 2.05) is 13.2 Å². The minimum absolute atomic E-state index is 0.421. The summed E-state index contributed by atoms with van der Waals surface area (Å²) >= 11 is 0. The fraction of sp³-hybridized carbons (Fsp3) is 0.308. The number of ether oxygens (including phenoxy) is 3. The molecule has 0 bridgehead atoms. The molecule has 2 rings (SSSR count). The Bertz CT molecular complexity index is 568. The summed E-state index contributed by atoms with van der Waals surface area (Å²) in [5.74, 6) is 2.32. The fourth-order valence-electron chi connectivity index (χ4n) is 1.97. The summed E-state index contributed by atoms with van der Waals surface area (Å²) in [5.41, 5.74) is 7.44. The molecule has 2 aromatic rings. The molecule has 0 spiro atoms. The fourth-order valence-corrected chi connectivity index (χ4v) is 1.97. The Labute approximate surface area is 111 Å². The van der Waals surface area contributed by atoms with Crippen LogP contribution in [0.15, 0.2) is 18.3 Å². The first kappa shape index (κ1) is 13.1. The average molecular weight is 263 g/mol. The van der Waals surface area contributed by atoms with E-state index in [0.29, 0.717) is 23.1 Å². The van der Waals surface area contributed by atoms with E-state index in [-0.39, 0.29) is 0 Å². The van der Waals surface area contributed by atoms with Crippen LogP contribution in [0.3, 0.4) is 0 Å². The topological polar surface area (TPSA) is 71.5 Å². The molecule has 1 aromatic carbocycles. The summed E-state index contributed by atoms with van der Waals surface area (Å²) in [6, 6.07) is 3.56. The van der Waals surface area contributed by atoms with Crippen LogP contribution in [0, 0.1) is 0 Å². The first-order valence-corrected chi connectivity index (χ1v) is 5.70. The first-order chi connectivity index (χ1) is 9.10. The van der Waals surface area contributed by atoms with Crippen molar-refractivity contribution in [3.8, 4) is 28.4 Å². The molecular formula is C13H17N3O3. The van der Waals surface area contributed by atoms with Crippen LogP contribution in [-0.2, 0) is 7.05 Å². The first-order valence-electron chi connectivity index (χ1n) is 5.70. The highest BCUT2D eigenvalue weighted by Crippen LogP contribution is 2.43.